The summed E-state index contributed by atoms with van der Waals surface area (Å²) in [5, 5.41) is 4.75. The van der Waals surface area contributed by atoms with Crippen LogP contribution in [0, 0.1) is 18.6 Å². The van der Waals surface area contributed by atoms with Crippen LogP contribution >= 0.6 is 15.6 Å². The van der Waals surface area contributed by atoms with E-state index in [1.807, 2.05) is 0 Å². The van der Waals surface area contributed by atoms with Gasteiger partial charge in [0.1, 0.15) is 42.3 Å². The molecule has 0 atom stereocenters. The minimum Gasteiger partial charge on any atom is -0.493 e. The zero-order chi connectivity index (χ0) is 52.6. The van der Waals surface area contributed by atoms with E-state index in [0.29, 0.717) is 19.1 Å². The highest BCUT2D eigenvalue weighted by Crippen LogP contribution is 2.40. The van der Waals surface area contributed by atoms with E-state index >= 15 is 0 Å². The third kappa shape index (κ3) is 15.9. The van der Waals surface area contributed by atoms with E-state index in [0.717, 1.165) is 82.2 Å². The summed E-state index contributed by atoms with van der Waals surface area (Å²) in [5.41, 5.74) is -3.38. The number of nitrogens with zero attached hydrogens (tertiary/aromatic N) is 2. The number of phosphoric ester groups is 2. The molecule has 0 saturated heterocycles. The molecule has 71 heavy (non-hydrogen) atoms. The Labute approximate surface area is 395 Å². The normalized spacial score (nSPS) is 11.8. The average Bonchev–Trinajstić information content (AvgIpc) is 3.26. The number of anilines is 2. The summed E-state index contributed by atoms with van der Waals surface area (Å²) in [6, 6.07) is 16.2. The van der Waals surface area contributed by atoms with Crippen LogP contribution in [-0.4, -0.2) is 47.6 Å². The quantitative estimate of drug-likeness (QED) is 0.0391. The van der Waals surface area contributed by atoms with Gasteiger partial charge in [-0.3, -0.25) is 37.4 Å². The number of phosphoric acid groups is 2. The standard InChI is InChI=1S/C22H20F3N2O8P.C21H17F4N2O7P/c1-22(24,25)13-3-5-16(18(9-13)35-17-6-4-14(23)10-19(17)33-2)21(29)26-15-7-8-27(20(28)11-15)12-34-36(30,31)32;1-12-8-14(22)3-5-17(12)34-18-9-13(21(23,24)25)2-4-16(18)20(29)26-15-6-7-27(19(28)10-15)11-33-35(30,31)32/h3-11H,12H2,1-2H3,(H,26,29)(H2,30,31,32);2-10H,11H2,1H3,(H,26,29)(H2,30,31,32). The average molecular weight is 1040 g/mol. The van der Waals surface area contributed by atoms with E-state index in [-0.39, 0.29) is 51.1 Å². The highest BCUT2D eigenvalue weighted by molar-refractivity contribution is 7.46. The number of hydrogen-bond donors (Lipinski definition) is 6. The largest absolute Gasteiger partial charge is 0.493 e. The van der Waals surface area contributed by atoms with Gasteiger partial charge in [0, 0.05) is 54.5 Å². The highest BCUT2D eigenvalue weighted by atomic mass is 31.2. The summed E-state index contributed by atoms with van der Waals surface area (Å²) in [4.78, 5) is 84.9. The molecule has 0 spiro atoms. The molecule has 2 aromatic heterocycles. The Morgan fingerprint density at radius 3 is 1.45 bits per heavy atom. The Morgan fingerprint density at radius 1 is 0.592 bits per heavy atom. The number of ether oxygens (including phenoxy) is 3. The van der Waals surface area contributed by atoms with Crippen molar-refractivity contribution in [2.45, 2.75) is 39.4 Å². The Bertz CT molecular complexity index is 3170. The predicted molar refractivity (Wildman–Crippen MR) is 235 cm³/mol. The van der Waals surface area contributed by atoms with Gasteiger partial charge in [-0.15, -0.1) is 0 Å². The van der Waals surface area contributed by atoms with Crippen molar-refractivity contribution in [2.75, 3.05) is 17.7 Å². The van der Waals surface area contributed by atoms with Crippen LogP contribution in [0.1, 0.15) is 44.3 Å². The number of nitrogens with one attached hydrogen (secondary N) is 2. The fraction of sp³-hybridized carbons (Fsp3) is 0.163. The van der Waals surface area contributed by atoms with E-state index in [4.69, 9.17) is 33.8 Å². The number of methoxy groups -OCH3 is 1. The van der Waals surface area contributed by atoms with Crippen molar-refractivity contribution < 1.29 is 92.3 Å². The van der Waals surface area contributed by atoms with Crippen molar-refractivity contribution >= 4 is 38.8 Å². The molecule has 0 unspecified atom stereocenters. The maximum atomic E-state index is 13.9. The first-order valence-electron chi connectivity index (χ1n) is 19.6. The lowest BCUT2D eigenvalue weighted by Gasteiger charge is -2.17. The third-order valence-corrected chi connectivity index (χ3v) is 10.1. The van der Waals surface area contributed by atoms with Gasteiger partial charge in [0.2, 0.25) is 0 Å². The van der Waals surface area contributed by atoms with E-state index in [1.165, 1.54) is 38.3 Å². The summed E-state index contributed by atoms with van der Waals surface area (Å²) in [6.07, 6.45) is -2.53. The van der Waals surface area contributed by atoms with Crippen molar-refractivity contribution in [3.63, 3.8) is 0 Å². The molecule has 0 saturated carbocycles. The van der Waals surface area contributed by atoms with E-state index in [1.54, 1.807) is 0 Å². The Morgan fingerprint density at radius 2 is 1.03 bits per heavy atom. The molecule has 0 aliphatic rings. The van der Waals surface area contributed by atoms with Gasteiger partial charge in [0.25, 0.3) is 28.9 Å². The molecule has 6 N–H and O–H groups in total. The third-order valence-electron chi connectivity index (χ3n) is 9.23. The molecule has 6 aromatic rings. The van der Waals surface area contributed by atoms with Crippen molar-refractivity contribution in [2.24, 2.45) is 0 Å². The first-order chi connectivity index (χ1) is 33.0. The summed E-state index contributed by atoms with van der Waals surface area (Å²) < 4.78 is 142. The molecule has 0 radical (unpaired) electrons. The maximum Gasteiger partial charge on any atom is 0.471 e. The molecule has 0 fully saturated rings. The molecule has 6 rings (SSSR count). The zero-order valence-corrected chi connectivity index (χ0v) is 38.3. The second kappa shape index (κ2) is 22.3. The second-order valence-corrected chi connectivity index (χ2v) is 17.0. The van der Waals surface area contributed by atoms with Crippen LogP contribution in [-0.2, 0) is 43.7 Å². The monoisotopic (exact) mass is 1040 g/mol. The maximum absolute atomic E-state index is 13.9. The van der Waals surface area contributed by atoms with Gasteiger partial charge >= 0.3 is 21.8 Å². The van der Waals surface area contributed by atoms with Gasteiger partial charge in [-0.25, -0.2) is 26.7 Å². The van der Waals surface area contributed by atoms with E-state index in [9.17, 15) is 59.0 Å². The number of halogens is 7. The topological polar surface area (TPSA) is 263 Å². The number of amides is 2. The van der Waals surface area contributed by atoms with Gasteiger partial charge in [-0.2, -0.15) is 13.2 Å². The molecule has 0 aliphatic heterocycles. The molecule has 378 valence electrons. The number of pyridine rings is 2. The molecule has 2 heterocycles. The summed E-state index contributed by atoms with van der Waals surface area (Å²) >= 11 is 0. The van der Waals surface area contributed by atoms with Crippen LogP contribution in [0.3, 0.4) is 0 Å². The number of benzene rings is 4. The number of hydrogen-bond acceptors (Lipinski definition) is 11. The molecule has 0 bridgehead atoms. The number of rotatable bonds is 16. The number of carbonyl (C=O) groups is 2. The van der Waals surface area contributed by atoms with Gasteiger partial charge in [-0.05, 0) is 85.3 Å². The summed E-state index contributed by atoms with van der Waals surface area (Å²) in [5.74, 6) is -7.06. The number of carbonyl (C=O) groups excluding carboxylic acids is 2. The molecular weight excluding hydrogens is 1010 g/mol. The lowest BCUT2D eigenvalue weighted by molar-refractivity contribution is -0.137. The van der Waals surface area contributed by atoms with Crippen LogP contribution in [0.15, 0.2) is 119 Å². The molecule has 19 nitrogen and oxygen atoms in total. The lowest BCUT2D eigenvalue weighted by atomic mass is 10.1. The first kappa shape index (κ1) is 54.8. The van der Waals surface area contributed by atoms with Crippen molar-refractivity contribution in [3.05, 3.63) is 170 Å². The van der Waals surface area contributed by atoms with Crippen LogP contribution in [0.5, 0.6) is 28.7 Å². The van der Waals surface area contributed by atoms with E-state index < -0.39 is 92.6 Å². The molecule has 4 aromatic carbocycles. The SMILES string of the molecule is COc1cc(F)ccc1Oc1cc(C(C)(F)F)ccc1C(=O)Nc1ccn(COP(=O)(O)O)c(=O)c1.Cc1cc(F)ccc1Oc1cc(C(F)(F)F)ccc1C(=O)Nc1ccn(COP(=O)(O)O)c(=O)c1. The van der Waals surface area contributed by atoms with Crippen molar-refractivity contribution in [1.29, 1.82) is 0 Å². The minimum atomic E-state index is -4.83. The number of aryl methyl sites for hydroxylation is 1. The molecule has 0 aliphatic carbocycles. The highest BCUT2D eigenvalue weighted by Gasteiger charge is 2.32. The zero-order valence-electron chi connectivity index (χ0n) is 36.5. The Kier molecular flexibility index (Phi) is 17.2. The molecule has 2 amide bonds. The van der Waals surface area contributed by atoms with Crippen molar-refractivity contribution in [1.82, 2.24) is 9.13 Å². The number of aromatic nitrogens is 2. The molecular formula is C43H37F7N4O15P2. The smallest absolute Gasteiger partial charge is 0.471 e. The Balaban J connectivity index is 0.000000264. The predicted octanol–water partition coefficient (Wildman–Crippen LogP) is 8.65. The van der Waals surface area contributed by atoms with E-state index in [2.05, 4.69) is 19.7 Å². The number of alkyl halides is 5. The van der Waals surface area contributed by atoms with Gasteiger partial charge in [0.15, 0.2) is 11.5 Å². The van der Waals surface area contributed by atoms with Gasteiger partial charge < -0.3 is 44.4 Å². The van der Waals surface area contributed by atoms with Crippen molar-refractivity contribution in [3.8, 4) is 28.7 Å². The minimum absolute atomic E-state index is 0.00681. The summed E-state index contributed by atoms with van der Waals surface area (Å²) in [6.45, 7) is 0.638. The first-order valence-corrected chi connectivity index (χ1v) is 22.7. The fourth-order valence-electron chi connectivity index (χ4n) is 5.78. The fourth-order valence-corrected chi connectivity index (χ4v) is 6.33. The lowest BCUT2D eigenvalue weighted by Crippen LogP contribution is -2.21. The van der Waals surface area contributed by atoms with Gasteiger partial charge in [0.05, 0.1) is 23.8 Å². The summed E-state index contributed by atoms with van der Waals surface area (Å²) in [7, 11) is -8.39. The molecule has 28 heteroatoms. The Hall–Kier alpha value is -7.15. The van der Waals surface area contributed by atoms with Gasteiger partial charge in [-0.1, -0.05) is 6.07 Å². The van der Waals surface area contributed by atoms with Crippen LogP contribution in [0.4, 0.5) is 42.1 Å². The van der Waals surface area contributed by atoms with Crippen LogP contribution in [0.2, 0.25) is 0 Å². The second-order valence-electron chi connectivity index (χ2n) is 14.6. The van der Waals surface area contributed by atoms with Crippen LogP contribution in [0.25, 0.3) is 0 Å². The van der Waals surface area contributed by atoms with Crippen LogP contribution < -0.4 is 36.0 Å².